The number of nitrogen functional groups attached to an aromatic ring is 1. The monoisotopic (exact) mass is 261 g/mol. The van der Waals surface area contributed by atoms with Crippen molar-refractivity contribution in [1.82, 2.24) is 15.3 Å². The van der Waals surface area contributed by atoms with Crippen molar-refractivity contribution in [2.75, 3.05) is 5.43 Å². The van der Waals surface area contributed by atoms with Gasteiger partial charge in [-0.05, 0) is 26.0 Å². The molecule has 19 heavy (non-hydrogen) atoms. The van der Waals surface area contributed by atoms with Crippen LogP contribution in [-0.2, 0) is 0 Å². The van der Waals surface area contributed by atoms with Crippen LogP contribution in [-0.4, -0.2) is 15.9 Å². The highest BCUT2D eigenvalue weighted by Crippen LogP contribution is 2.15. The second-order valence-corrected chi connectivity index (χ2v) is 4.08. The molecule has 0 bridgehead atoms. The second kappa shape index (κ2) is 5.49. The summed E-state index contributed by atoms with van der Waals surface area (Å²) in [7, 11) is 0. The molecule has 100 valence electrons. The lowest BCUT2D eigenvalue weighted by Gasteiger charge is -2.11. The summed E-state index contributed by atoms with van der Waals surface area (Å²) in [6, 6.07) is 3.41. The van der Waals surface area contributed by atoms with Gasteiger partial charge in [-0.3, -0.25) is 9.78 Å². The Labute approximate surface area is 110 Å². The molecule has 2 rings (SSSR count). The minimum absolute atomic E-state index is 0.186. The largest absolute Gasteiger partial charge is 0.464 e. The number of carbonyl (C=O) groups is 1. The number of hydrazine groups is 1. The highest BCUT2D eigenvalue weighted by atomic mass is 16.3. The molecule has 0 spiro atoms. The van der Waals surface area contributed by atoms with Crippen LogP contribution in [0, 0.1) is 6.92 Å². The van der Waals surface area contributed by atoms with E-state index >= 15 is 0 Å². The Bertz CT molecular complexity index is 581. The van der Waals surface area contributed by atoms with Crippen LogP contribution in [0.5, 0.6) is 0 Å². The molecule has 0 saturated heterocycles. The fourth-order valence-corrected chi connectivity index (χ4v) is 1.57. The summed E-state index contributed by atoms with van der Waals surface area (Å²) in [6.07, 6.45) is 2.80. The van der Waals surface area contributed by atoms with Gasteiger partial charge in [-0.25, -0.2) is 10.8 Å². The topological polar surface area (TPSA) is 106 Å². The molecule has 7 nitrogen and oxygen atoms in total. The van der Waals surface area contributed by atoms with E-state index in [1.165, 1.54) is 12.4 Å². The molecule has 2 aromatic heterocycles. The number of rotatable bonds is 4. The summed E-state index contributed by atoms with van der Waals surface area (Å²) in [5.74, 6) is 6.68. The van der Waals surface area contributed by atoms with Crippen LogP contribution < -0.4 is 16.6 Å². The Balaban J connectivity index is 2.08. The van der Waals surface area contributed by atoms with E-state index in [1.54, 1.807) is 0 Å². The van der Waals surface area contributed by atoms with E-state index in [1.807, 2.05) is 26.0 Å². The predicted octanol–water partition coefficient (Wildman–Crippen LogP) is 1.15. The predicted molar refractivity (Wildman–Crippen MR) is 69.2 cm³/mol. The van der Waals surface area contributed by atoms with Crippen molar-refractivity contribution in [3.63, 3.8) is 0 Å². The Kier molecular flexibility index (Phi) is 3.76. The average molecular weight is 261 g/mol. The molecule has 2 heterocycles. The molecular formula is C12H15N5O2. The number of aromatic nitrogens is 2. The lowest BCUT2D eigenvalue weighted by molar-refractivity contribution is 0.0930. The van der Waals surface area contributed by atoms with Crippen LogP contribution in [0.25, 0.3) is 0 Å². The lowest BCUT2D eigenvalue weighted by Crippen LogP contribution is -2.27. The maximum atomic E-state index is 12.0. The summed E-state index contributed by atoms with van der Waals surface area (Å²) in [5, 5.41) is 2.77. The standard InChI is InChI=1S/C12H15N5O2/c1-7-3-4-10(19-7)8(2)15-12(18)9-5-14-6-11(16-9)17-13/h3-6,8H,13H2,1-2H3,(H,15,18)(H,16,17). The summed E-state index contributed by atoms with van der Waals surface area (Å²) < 4.78 is 5.44. The van der Waals surface area contributed by atoms with Gasteiger partial charge in [-0.15, -0.1) is 0 Å². The van der Waals surface area contributed by atoms with E-state index in [-0.39, 0.29) is 17.6 Å². The van der Waals surface area contributed by atoms with E-state index in [4.69, 9.17) is 10.3 Å². The molecule has 0 aliphatic rings. The van der Waals surface area contributed by atoms with Crippen LogP contribution in [0.15, 0.2) is 28.9 Å². The average Bonchev–Trinajstić information content (AvgIpc) is 2.85. The number of nitrogens with two attached hydrogens (primary N) is 1. The molecule has 0 aliphatic heterocycles. The van der Waals surface area contributed by atoms with Gasteiger partial charge in [0.1, 0.15) is 17.2 Å². The van der Waals surface area contributed by atoms with Crippen LogP contribution >= 0.6 is 0 Å². The van der Waals surface area contributed by atoms with Gasteiger partial charge >= 0.3 is 0 Å². The molecular weight excluding hydrogens is 246 g/mol. The van der Waals surface area contributed by atoms with E-state index in [0.29, 0.717) is 11.6 Å². The number of anilines is 1. The van der Waals surface area contributed by atoms with Crippen LogP contribution in [0.4, 0.5) is 5.82 Å². The first kappa shape index (κ1) is 13.0. The zero-order valence-electron chi connectivity index (χ0n) is 10.7. The molecule has 2 aromatic rings. The van der Waals surface area contributed by atoms with Crippen LogP contribution in [0.1, 0.15) is 35.0 Å². The van der Waals surface area contributed by atoms with Gasteiger partial charge in [-0.1, -0.05) is 0 Å². The highest BCUT2D eigenvalue weighted by molar-refractivity contribution is 5.92. The maximum absolute atomic E-state index is 12.0. The normalized spacial score (nSPS) is 11.9. The summed E-state index contributed by atoms with van der Waals surface area (Å²) in [4.78, 5) is 19.9. The van der Waals surface area contributed by atoms with Crippen molar-refractivity contribution >= 4 is 11.7 Å². The molecule has 0 aliphatic carbocycles. The minimum atomic E-state index is -0.342. The zero-order valence-corrected chi connectivity index (χ0v) is 10.7. The van der Waals surface area contributed by atoms with Gasteiger partial charge in [0.25, 0.3) is 5.91 Å². The van der Waals surface area contributed by atoms with Gasteiger partial charge in [0.05, 0.1) is 18.4 Å². The summed E-state index contributed by atoms with van der Waals surface area (Å²) in [5.41, 5.74) is 2.52. The van der Waals surface area contributed by atoms with Gasteiger partial charge in [-0.2, -0.15) is 0 Å². The number of amides is 1. The van der Waals surface area contributed by atoms with Crippen molar-refractivity contribution < 1.29 is 9.21 Å². The highest BCUT2D eigenvalue weighted by Gasteiger charge is 2.15. The van der Waals surface area contributed by atoms with Gasteiger partial charge < -0.3 is 15.2 Å². The van der Waals surface area contributed by atoms with Crippen molar-refractivity contribution in [2.45, 2.75) is 19.9 Å². The lowest BCUT2D eigenvalue weighted by atomic mass is 10.2. The number of hydrogen-bond acceptors (Lipinski definition) is 6. The zero-order chi connectivity index (χ0) is 13.8. The van der Waals surface area contributed by atoms with Crippen molar-refractivity contribution in [3.05, 3.63) is 41.7 Å². The van der Waals surface area contributed by atoms with Gasteiger partial charge in [0.2, 0.25) is 0 Å². The first-order valence-corrected chi connectivity index (χ1v) is 5.76. The fraction of sp³-hybridized carbons (Fsp3) is 0.250. The molecule has 0 radical (unpaired) electrons. The molecule has 7 heteroatoms. The number of furan rings is 1. The third kappa shape index (κ3) is 3.08. The Morgan fingerprint density at radius 1 is 1.42 bits per heavy atom. The summed E-state index contributed by atoms with van der Waals surface area (Å²) >= 11 is 0. The van der Waals surface area contributed by atoms with Gasteiger partial charge in [0, 0.05) is 0 Å². The number of hydrogen-bond donors (Lipinski definition) is 3. The number of carbonyl (C=O) groups excluding carboxylic acids is 1. The molecule has 1 atom stereocenters. The first-order valence-electron chi connectivity index (χ1n) is 5.76. The smallest absolute Gasteiger partial charge is 0.272 e. The van der Waals surface area contributed by atoms with E-state index in [0.717, 1.165) is 5.76 Å². The molecule has 0 aromatic carbocycles. The minimum Gasteiger partial charge on any atom is -0.464 e. The Morgan fingerprint density at radius 3 is 2.84 bits per heavy atom. The maximum Gasteiger partial charge on any atom is 0.272 e. The third-order valence-corrected chi connectivity index (χ3v) is 2.55. The molecule has 1 amide bonds. The van der Waals surface area contributed by atoms with Crippen molar-refractivity contribution in [3.8, 4) is 0 Å². The van der Waals surface area contributed by atoms with Crippen molar-refractivity contribution in [1.29, 1.82) is 0 Å². The third-order valence-electron chi connectivity index (χ3n) is 2.55. The molecule has 1 unspecified atom stereocenters. The number of nitrogens with zero attached hydrogens (tertiary/aromatic N) is 2. The summed E-state index contributed by atoms with van der Waals surface area (Å²) in [6.45, 7) is 3.68. The van der Waals surface area contributed by atoms with E-state index in [2.05, 4.69) is 20.7 Å². The van der Waals surface area contributed by atoms with E-state index < -0.39 is 0 Å². The van der Waals surface area contributed by atoms with Crippen molar-refractivity contribution in [2.24, 2.45) is 5.84 Å². The fourth-order valence-electron chi connectivity index (χ4n) is 1.57. The first-order chi connectivity index (χ1) is 9.10. The molecule has 4 N–H and O–H groups in total. The molecule has 0 saturated carbocycles. The van der Waals surface area contributed by atoms with Crippen LogP contribution in [0.3, 0.4) is 0 Å². The molecule has 0 fully saturated rings. The SMILES string of the molecule is Cc1ccc(C(C)NC(=O)c2cncc(NN)n2)o1. The number of nitrogens with one attached hydrogen (secondary N) is 2. The Morgan fingerprint density at radius 2 is 2.21 bits per heavy atom. The Hall–Kier alpha value is -2.41. The number of aryl methyl sites for hydroxylation is 1. The quantitative estimate of drug-likeness (QED) is 0.563. The van der Waals surface area contributed by atoms with Crippen LogP contribution in [0.2, 0.25) is 0 Å². The second-order valence-electron chi connectivity index (χ2n) is 4.08. The van der Waals surface area contributed by atoms with Gasteiger partial charge in [0.15, 0.2) is 5.82 Å². The van der Waals surface area contributed by atoms with E-state index in [9.17, 15) is 4.79 Å².